The number of rotatable bonds is 29. The number of unbranched alkanes of at least 4 members (excludes halogenated alkanes) is 11. The Morgan fingerprint density at radius 2 is 1.02 bits per heavy atom. The summed E-state index contributed by atoms with van der Waals surface area (Å²) >= 11 is 0. The third kappa shape index (κ3) is 29.0. The third-order valence-electron chi connectivity index (χ3n) is 17.4. The van der Waals surface area contributed by atoms with Crippen LogP contribution in [-0.2, 0) is 83.1 Å². The summed E-state index contributed by atoms with van der Waals surface area (Å²) in [6.07, 6.45) is 8.88. The number of aliphatic carboxylic acids is 3. The number of carboxylic acids is 3. The lowest BCUT2D eigenvalue weighted by molar-refractivity contribution is -0.146. The van der Waals surface area contributed by atoms with Crippen LogP contribution in [0.15, 0.2) is 30.3 Å². The van der Waals surface area contributed by atoms with E-state index in [1.54, 1.807) is 44.2 Å². The lowest BCUT2D eigenvalue weighted by Crippen LogP contribution is -2.63. The highest BCUT2D eigenvalue weighted by atomic mass is 16.4. The largest absolute Gasteiger partial charge is 0.481 e. The van der Waals surface area contributed by atoms with Crippen molar-refractivity contribution in [2.24, 2.45) is 5.92 Å². The fraction of sp³-hybridized carbons (Fsp3) is 0.667. The van der Waals surface area contributed by atoms with E-state index in [-0.39, 0.29) is 58.0 Å². The molecule has 3 aliphatic heterocycles. The highest BCUT2D eigenvalue weighted by molar-refractivity contribution is 6.00. The average molecular weight is 1400 g/mol. The summed E-state index contributed by atoms with van der Waals surface area (Å²) in [6.45, 7) is 2.63. The van der Waals surface area contributed by atoms with Crippen molar-refractivity contribution in [2.75, 3.05) is 39.3 Å². The maximum atomic E-state index is 15.1. The fourth-order valence-corrected chi connectivity index (χ4v) is 11.7. The second-order valence-electron chi connectivity index (χ2n) is 25.4. The van der Waals surface area contributed by atoms with Gasteiger partial charge in [0.1, 0.15) is 54.4 Å². The molecule has 3 fully saturated rings. The molecule has 15 N–H and O–H groups in total. The minimum absolute atomic E-state index is 0.0230. The quantitative estimate of drug-likeness (QED) is 0.0402. The van der Waals surface area contributed by atoms with Crippen LogP contribution < -0.4 is 58.5 Å². The number of aliphatic hydroxyl groups excluding tert-OH is 1. The molecule has 4 rings (SSSR count). The van der Waals surface area contributed by atoms with Gasteiger partial charge < -0.3 is 88.7 Å². The first-order valence-electron chi connectivity index (χ1n) is 34.3. The lowest BCUT2D eigenvalue weighted by atomic mass is 9.96. The highest BCUT2D eigenvalue weighted by Gasteiger charge is 2.43. The zero-order chi connectivity index (χ0) is 73.1. The molecule has 0 saturated carbocycles. The number of nitrogens with one attached hydrogen (secondary N) is 11. The zero-order valence-corrected chi connectivity index (χ0v) is 57.0. The zero-order valence-electron chi connectivity index (χ0n) is 57.0. The number of benzene rings is 1. The van der Waals surface area contributed by atoms with Gasteiger partial charge in [0, 0.05) is 32.5 Å². The second-order valence-corrected chi connectivity index (χ2v) is 25.4. The van der Waals surface area contributed by atoms with Crippen LogP contribution >= 0.6 is 0 Å². The molecule has 0 bridgehead atoms. The van der Waals surface area contributed by atoms with Crippen LogP contribution in [0.2, 0.25) is 0 Å². The molecule has 3 saturated heterocycles. The molecule has 99 heavy (non-hydrogen) atoms. The molecule has 0 unspecified atom stereocenters. The summed E-state index contributed by atoms with van der Waals surface area (Å²) in [5.41, 5.74) is 0.603. The Labute approximate surface area is 575 Å². The molecule has 3 heterocycles. The Morgan fingerprint density at radius 3 is 1.55 bits per heavy atom. The highest BCUT2D eigenvalue weighted by Crippen LogP contribution is 2.23. The number of hydrogen-bond donors (Lipinski definition) is 15. The summed E-state index contributed by atoms with van der Waals surface area (Å²) < 4.78 is 0. The van der Waals surface area contributed by atoms with Crippen molar-refractivity contribution in [3.63, 3.8) is 0 Å². The van der Waals surface area contributed by atoms with E-state index in [0.29, 0.717) is 18.4 Å². The Kier molecular flexibility index (Phi) is 35.8. The van der Waals surface area contributed by atoms with Crippen molar-refractivity contribution in [3.8, 4) is 0 Å². The van der Waals surface area contributed by atoms with E-state index < -0.39 is 207 Å². The van der Waals surface area contributed by atoms with Gasteiger partial charge in [-0.15, -0.1) is 0 Å². The van der Waals surface area contributed by atoms with E-state index in [1.807, 2.05) is 0 Å². The van der Waals surface area contributed by atoms with Gasteiger partial charge >= 0.3 is 17.9 Å². The lowest BCUT2D eigenvalue weighted by Gasteiger charge is -2.37. The molecule has 3 aliphatic rings. The summed E-state index contributed by atoms with van der Waals surface area (Å²) in [7, 11) is 0. The Bertz CT molecular complexity index is 2970. The van der Waals surface area contributed by atoms with Gasteiger partial charge in [0.2, 0.25) is 76.8 Å². The number of aliphatic hydroxyl groups is 1. The molecule has 0 radical (unpaired) electrons. The van der Waals surface area contributed by atoms with Crippen LogP contribution in [0.25, 0.3) is 0 Å². The summed E-state index contributed by atoms with van der Waals surface area (Å²) in [5.74, 6) is -19.0. The van der Waals surface area contributed by atoms with E-state index in [0.717, 1.165) is 43.9 Å². The maximum absolute atomic E-state index is 15.1. The number of fused-ring (bicyclic) bond motifs is 2. The molecular weight excluding hydrogens is 1290 g/mol. The number of nitrogens with zero attached hydrogens (tertiary/aromatic N) is 2. The molecule has 0 spiro atoms. The van der Waals surface area contributed by atoms with Crippen molar-refractivity contribution in [1.82, 2.24) is 68.3 Å². The topological polar surface area (TPSA) is 493 Å². The molecular formula is C66H101N13O20. The van der Waals surface area contributed by atoms with Crippen LogP contribution in [0.3, 0.4) is 0 Å². The average Bonchev–Trinajstić information content (AvgIpc) is 1.73. The number of carboxylic acid groups (broad SMARTS) is 3. The number of amides is 13. The van der Waals surface area contributed by atoms with Crippen LogP contribution in [0, 0.1) is 5.92 Å². The van der Waals surface area contributed by atoms with Gasteiger partial charge in [0.25, 0.3) is 0 Å². The smallest absolute Gasteiger partial charge is 0.305 e. The molecule has 0 aliphatic carbocycles. The van der Waals surface area contributed by atoms with Gasteiger partial charge in [-0.05, 0) is 56.9 Å². The maximum Gasteiger partial charge on any atom is 0.305 e. The summed E-state index contributed by atoms with van der Waals surface area (Å²) in [6, 6.07) is -6.40. The van der Waals surface area contributed by atoms with Gasteiger partial charge in [-0.25, -0.2) is 0 Å². The van der Waals surface area contributed by atoms with E-state index in [2.05, 4.69) is 65.4 Å². The van der Waals surface area contributed by atoms with Crippen LogP contribution in [0.4, 0.5) is 0 Å². The van der Waals surface area contributed by atoms with Crippen molar-refractivity contribution in [3.05, 3.63) is 35.9 Å². The van der Waals surface area contributed by atoms with E-state index in [1.165, 1.54) is 43.4 Å². The predicted molar refractivity (Wildman–Crippen MR) is 353 cm³/mol. The molecule has 1 aromatic carbocycles. The predicted octanol–water partition coefficient (Wildman–Crippen LogP) is -1.58. The molecule has 0 aromatic heterocycles. The van der Waals surface area contributed by atoms with Gasteiger partial charge in [-0.1, -0.05) is 128 Å². The van der Waals surface area contributed by atoms with Crippen molar-refractivity contribution in [1.29, 1.82) is 0 Å². The number of piperidine rings is 1. The first kappa shape index (κ1) is 82.1. The van der Waals surface area contributed by atoms with Crippen molar-refractivity contribution in [2.45, 2.75) is 236 Å². The van der Waals surface area contributed by atoms with Crippen molar-refractivity contribution < 1.29 is 97.1 Å². The first-order valence-corrected chi connectivity index (χ1v) is 34.3. The van der Waals surface area contributed by atoms with Crippen LogP contribution in [-0.4, -0.2) is 225 Å². The Hall–Kier alpha value is -9.30. The molecule has 1 aromatic rings. The van der Waals surface area contributed by atoms with E-state index in [9.17, 15) is 92.3 Å². The Morgan fingerprint density at radius 1 is 0.525 bits per heavy atom. The Balaban J connectivity index is 1.69. The van der Waals surface area contributed by atoms with E-state index >= 15 is 4.79 Å². The summed E-state index contributed by atoms with van der Waals surface area (Å²) in [4.78, 5) is 219. The van der Waals surface area contributed by atoms with Crippen LogP contribution in [0.5, 0.6) is 0 Å². The molecule has 550 valence electrons. The molecule has 33 heteroatoms. The number of carbonyl (C=O) groups is 16. The van der Waals surface area contributed by atoms with Crippen LogP contribution in [0.1, 0.15) is 175 Å². The first-order chi connectivity index (χ1) is 47.1. The van der Waals surface area contributed by atoms with Gasteiger partial charge in [-0.2, -0.15) is 0 Å². The fourth-order valence-electron chi connectivity index (χ4n) is 11.7. The molecule has 33 nitrogen and oxygen atoms in total. The third-order valence-corrected chi connectivity index (χ3v) is 17.4. The van der Waals surface area contributed by atoms with E-state index in [4.69, 9.17) is 0 Å². The standard InChI is InChI=1S/C66H101N13O20/c1-5-7-8-9-10-11-12-13-14-15-16-20-28-49(81)71-42(31-41-24-18-17-19-25-41)60(93)74-45(34-55(89)90)61(94)75-46-35-67-62(95)48-27-23-30-79(48)66(99)56(39(3)6-2)77-64(97)57(40(4)80)76-52(84)38-69-59(92)44(33-54(87)88)72-50(82)36-68-58(91)43(32-53(85)86)73-51(83)37-70-63(96)47-26-21-22-29-78(47)65(46)98/h17-19,24-25,39-40,42-48,56-57,80H,5-16,20-23,26-38H2,1-4H3,(H,67,95)(H,68,91)(H,69,92)(H,70,96)(H,71,81)(H,72,82)(H,73,83)(H,74,93)(H,75,94)(H,76,84)(H,77,97)(H,85,86)(H,87,88)(H,89,90)/t39-,40+,42-,43-,44-,45-,46-,47-,48-,56-,57-/m0/s1. The van der Waals surface area contributed by atoms with Gasteiger partial charge in [0.15, 0.2) is 0 Å². The van der Waals surface area contributed by atoms with Gasteiger partial charge in [0.05, 0.1) is 45.0 Å². The SMILES string of the molecule is CCCCCCCCCCCCCCC(=O)N[C@@H](Cc1ccccc1)C(=O)N[C@@H](CC(=O)O)C(=O)N[C@H]1CNC(=O)[C@@H]2CCCN2C(=O)[C@H]([C@@H](C)CC)NC(=O)[C@H]([C@@H](C)O)NC(=O)CNC(=O)[C@H](CC(=O)O)NC(=O)CNC(=O)[C@H](CC(=O)O)NC(=O)CNC(=O)[C@@H]2CCCCN2C1=O. The minimum Gasteiger partial charge on any atom is -0.481 e. The number of hydrogen-bond acceptors (Lipinski definition) is 17. The molecule has 13 amide bonds. The normalized spacial score (nSPS) is 22.8. The van der Waals surface area contributed by atoms with Gasteiger partial charge in [-0.3, -0.25) is 76.7 Å². The second kappa shape index (κ2) is 43.2. The van der Waals surface area contributed by atoms with Crippen molar-refractivity contribution >= 4 is 94.7 Å². The summed E-state index contributed by atoms with van der Waals surface area (Å²) in [5, 5.41) is 65.8. The number of carbonyl (C=O) groups excluding carboxylic acids is 13. The monoisotopic (exact) mass is 1400 g/mol. The minimum atomic E-state index is -1.95. The molecule has 11 atom stereocenters.